The molecule has 0 aromatic carbocycles. The number of rotatable bonds is 3. The molecule has 0 amide bonds. The molecule has 8 nitrogen and oxygen atoms in total. The second-order valence-electron chi connectivity index (χ2n) is 4.28. The Hall–Kier alpha value is -3.52. The van der Waals surface area contributed by atoms with Gasteiger partial charge in [0.1, 0.15) is 23.3 Å². The predicted octanol–water partition coefficient (Wildman–Crippen LogP) is 0.232. The van der Waals surface area contributed by atoms with Crippen LogP contribution in [0, 0.1) is 22.7 Å². The van der Waals surface area contributed by atoms with E-state index < -0.39 is 11.9 Å². The molecule has 0 aromatic rings. The fourth-order valence-electron chi connectivity index (χ4n) is 1.80. The summed E-state index contributed by atoms with van der Waals surface area (Å²) in [6.45, 7) is 0. The van der Waals surface area contributed by atoms with Crippen LogP contribution >= 0.6 is 0 Å². The van der Waals surface area contributed by atoms with Crippen molar-refractivity contribution in [2.24, 2.45) is 5.73 Å². The standard InChI is InChI=1S/C15H14N4O4/c1-19-8-11(15(21)23-3)13(18)10(7-17)12(19)5-4-9(6-16)14(20)22-2/h4-5,8H,18H2,1-3H3/b9-4?,12-5+. The predicted molar refractivity (Wildman–Crippen MR) is 78.5 cm³/mol. The molecule has 23 heavy (non-hydrogen) atoms. The van der Waals surface area contributed by atoms with Gasteiger partial charge >= 0.3 is 11.9 Å². The molecule has 2 N–H and O–H groups in total. The van der Waals surface area contributed by atoms with Gasteiger partial charge in [0.2, 0.25) is 0 Å². The molecular weight excluding hydrogens is 300 g/mol. The van der Waals surface area contributed by atoms with E-state index >= 15 is 0 Å². The topological polar surface area (TPSA) is 129 Å². The minimum atomic E-state index is -0.802. The third kappa shape index (κ3) is 3.57. The molecule has 0 fully saturated rings. The number of nitrogens with two attached hydrogens (primary N) is 1. The van der Waals surface area contributed by atoms with Gasteiger partial charge in [-0.05, 0) is 12.2 Å². The summed E-state index contributed by atoms with van der Waals surface area (Å²) in [5, 5.41) is 18.2. The van der Waals surface area contributed by atoms with Crippen molar-refractivity contribution < 1.29 is 19.1 Å². The van der Waals surface area contributed by atoms with Crippen LogP contribution in [0.3, 0.4) is 0 Å². The zero-order chi connectivity index (χ0) is 17.6. The first kappa shape index (κ1) is 17.5. The van der Waals surface area contributed by atoms with Gasteiger partial charge in [-0.3, -0.25) is 0 Å². The van der Waals surface area contributed by atoms with Gasteiger partial charge in [-0.2, -0.15) is 10.5 Å². The van der Waals surface area contributed by atoms with E-state index in [1.165, 1.54) is 30.4 Å². The molecule has 1 aliphatic heterocycles. The van der Waals surface area contributed by atoms with E-state index in [0.717, 1.165) is 7.11 Å². The minimum Gasteiger partial charge on any atom is -0.465 e. The van der Waals surface area contributed by atoms with Gasteiger partial charge in [0.15, 0.2) is 0 Å². The van der Waals surface area contributed by atoms with E-state index in [9.17, 15) is 14.9 Å². The van der Waals surface area contributed by atoms with Crippen molar-refractivity contribution in [3.63, 3.8) is 0 Å². The monoisotopic (exact) mass is 314 g/mol. The second-order valence-corrected chi connectivity index (χ2v) is 4.28. The number of likely N-dealkylation sites (N-methyl/N-ethyl adjacent to an activating group) is 1. The highest BCUT2D eigenvalue weighted by atomic mass is 16.5. The van der Waals surface area contributed by atoms with E-state index in [2.05, 4.69) is 9.47 Å². The maximum absolute atomic E-state index is 11.7. The van der Waals surface area contributed by atoms with Gasteiger partial charge in [0.25, 0.3) is 0 Å². The van der Waals surface area contributed by atoms with Crippen molar-refractivity contribution in [3.05, 3.63) is 46.5 Å². The Labute approximate surface area is 133 Å². The first-order valence-corrected chi connectivity index (χ1v) is 6.25. The van der Waals surface area contributed by atoms with Crippen LogP contribution in [-0.4, -0.2) is 38.1 Å². The number of ether oxygens (including phenoxy) is 2. The van der Waals surface area contributed by atoms with Gasteiger partial charge in [-0.25, -0.2) is 9.59 Å². The summed E-state index contributed by atoms with van der Waals surface area (Å²) in [6.07, 6.45) is 3.97. The molecule has 118 valence electrons. The molecule has 0 saturated carbocycles. The lowest BCUT2D eigenvalue weighted by atomic mass is 10.0. The van der Waals surface area contributed by atoms with Crippen LogP contribution in [0.1, 0.15) is 0 Å². The number of hydrogen-bond donors (Lipinski definition) is 1. The largest absolute Gasteiger partial charge is 0.465 e. The van der Waals surface area contributed by atoms with Crippen molar-refractivity contribution in [1.29, 1.82) is 10.5 Å². The number of carbonyl (C=O) groups excluding carboxylic acids is 2. The lowest BCUT2D eigenvalue weighted by Crippen LogP contribution is -2.26. The molecule has 0 saturated heterocycles. The van der Waals surface area contributed by atoms with Gasteiger partial charge < -0.3 is 20.1 Å². The molecule has 0 radical (unpaired) electrons. The number of allylic oxidation sites excluding steroid dienone is 3. The lowest BCUT2D eigenvalue weighted by molar-refractivity contribution is -0.136. The first-order valence-electron chi connectivity index (χ1n) is 6.25. The fourth-order valence-corrected chi connectivity index (χ4v) is 1.80. The number of carbonyl (C=O) groups is 2. The summed E-state index contributed by atoms with van der Waals surface area (Å²) in [6, 6.07) is 3.59. The number of esters is 2. The third-order valence-electron chi connectivity index (χ3n) is 2.97. The van der Waals surface area contributed by atoms with Crippen LogP contribution in [0.25, 0.3) is 0 Å². The average Bonchev–Trinajstić information content (AvgIpc) is 2.56. The van der Waals surface area contributed by atoms with Gasteiger partial charge in [-0.1, -0.05) is 0 Å². The van der Waals surface area contributed by atoms with E-state index in [1.54, 1.807) is 13.1 Å². The summed E-state index contributed by atoms with van der Waals surface area (Å²) in [5.41, 5.74) is 5.92. The zero-order valence-corrected chi connectivity index (χ0v) is 12.8. The molecule has 0 atom stereocenters. The maximum Gasteiger partial charge on any atom is 0.348 e. The Morgan fingerprint density at radius 3 is 2.43 bits per heavy atom. The molecule has 1 rings (SSSR count). The van der Waals surface area contributed by atoms with E-state index in [1.807, 2.05) is 6.07 Å². The normalized spacial score (nSPS) is 16.4. The van der Waals surface area contributed by atoms with Crippen LogP contribution in [0.4, 0.5) is 0 Å². The molecule has 8 heteroatoms. The Morgan fingerprint density at radius 1 is 1.30 bits per heavy atom. The molecule has 1 heterocycles. The first-order chi connectivity index (χ1) is 10.9. The molecule has 1 aliphatic rings. The fraction of sp³-hybridized carbons (Fsp3) is 0.200. The van der Waals surface area contributed by atoms with Gasteiger partial charge in [0, 0.05) is 13.2 Å². The second kappa shape index (κ2) is 7.48. The maximum atomic E-state index is 11.7. The minimum absolute atomic E-state index is 0.0220. The Bertz CT molecular complexity index is 744. The average molecular weight is 314 g/mol. The van der Waals surface area contributed by atoms with Crippen LogP contribution in [0.15, 0.2) is 46.5 Å². The molecule has 0 spiro atoms. The smallest absolute Gasteiger partial charge is 0.348 e. The summed E-state index contributed by atoms with van der Waals surface area (Å²) in [7, 11) is 3.93. The molecule has 0 aliphatic carbocycles. The SMILES string of the molecule is COC(=O)C(C#N)=C/C=C1\C(C#N)=C(N)C(C(=O)OC)=CN1C. The van der Waals surface area contributed by atoms with Crippen molar-refractivity contribution in [3.8, 4) is 12.1 Å². The molecule has 0 aromatic heterocycles. The third-order valence-corrected chi connectivity index (χ3v) is 2.97. The number of nitriles is 2. The molecular formula is C15H14N4O4. The van der Waals surface area contributed by atoms with Crippen molar-refractivity contribution in [2.45, 2.75) is 0 Å². The van der Waals surface area contributed by atoms with E-state index in [4.69, 9.17) is 11.0 Å². The summed E-state index contributed by atoms with van der Waals surface area (Å²) in [5.74, 6) is -1.48. The Morgan fingerprint density at radius 2 is 1.96 bits per heavy atom. The summed E-state index contributed by atoms with van der Waals surface area (Å²) >= 11 is 0. The Kier molecular flexibility index (Phi) is 5.70. The van der Waals surface area contributed by atoms with Crippen molar-refractivity contribution in [2.75, 3.05) is 21.3 Å². The highest BCUT2D eigenvalue weighted by molar-refractivity contribution is 5.95. The number of nitrogens with zero attached hydrogens (tertiary/aromatic N) is 3. The van der Waals surface area contributed by atoms with Gasteiger partial charge in [0.05, 0.1) is 31.2 Å². The van der Waals surface area contributed by atoms with Crippen LogP contribution in [0.2, 0.25) is 0 Å². The highest BCUT2D eigenvalue weighted by Gasteiger charge is 2.26. The van der Waals surface area contributed by atoms with Crippen molar-refractivity contribution >= 4 is 11.9 Å². The lowest BCUT2D eigenvalue weighted by Gasteiger charge is -2.25. The Balaban J connectivity index is 3.38. The van der Waals surface area contributed by atoms with Crippen LogP contribution < -0.4 is 5.73 Å². The zero-order valence-electron chi connectivity index (χ0n) is 12.8. The molecule has 0 unspecified atom stereocenters. The van der Waals surface area contributed by atoms with Crippen LogP contribution in [0.5, 0.6) is 0 Å². The summed E-state index contributed by atoms with van der Waals surface area (Å²) < 4.78 is 9.06. The highest BCUT2D eigenvalue weighted by Crippen LogP contribution is 2.26. The van der Waals surface area contributed by atoms with E-state index in [-0.39, 0.29) is 22.4 Å². The van der Waals surface area contributed by atoms with Crippen LogP contribution in [-0.2, 0) is 19.1 Å². The quantitative estimate of drug-likeness (QED) is 0.445. The number of methoxy groups -OCH3 is 2. The summed E-state index contributed by atoms with van der Waals surface area (Å²) in [4.78, 5) is 24.5. The van der Waals surface area contributed by atoms with Crippen molar-refractivity contribution in [1.82, 2.24) is 4.90 Å². The van der Waals surface area contributed by atoms with E-state index in [0.29, 0.717) is 5.70 Å². The van der Waals surface area contributed by atoms with Gasteiger partial charge in [-0.15, -0.1) is 0 Å². The molecule has 0 bridgehead atoms. The number of hydrogen-bond acceptors (Lipinski definition) is 8.